The van der Waals surface area contributed by atoms with E-state index in [0.717, 1.165) is 17.0 Å². The van der Waals surface area contributed by atoms with Crippen molar-refractivity contribution < 1.29 is 26.0 Å². The predicted molar refractivity (Wildman–Crippen MR) is 102 cm³/mol. The Morgan fingerprint density at radius 1 is 1.03 bits per heavy atom. The number of benzene rings is 2. The summed E-state index contributed by atoms with van der Waals surface area (Å²) >= 11 is 0. The Morgan fingerprint density at radius 2 is 1.62 bits per heavy atom. The van der Waals surface area contributed by atoms with E-state index in [1.54, 1.807) is 0 Å². The number of aromatic nitrogens is 2. The summed E-state index contributed by atoms with van der Waals surface area (Å²) in [7, 11) is -3.46. The van der Waals surface area contributed by atoms with E-state index in [-0.39, 0.29) is 28.3 Å². The molecule has 0 unspecified atom stereocenters. The minimum atomic E-state index is -4.72. The molecule has 1 aromatic heterocycles. The van der Waals surface area contributed by atoms with Crippen LogP contribution in [0.1, 0.15) is 18.2 Å². The molecule has 0 amide bonds. The monoisotopic (exact) mass is 426 g/mol. The topological polar surface area (TPSA) is 52.0 Å². The summed E-state index contributed by atoms with van der Waals surface area (Å²) in [5.41, 5.74) is -0.573. The zero-order chi connectivity index (χ0) is 21.6. The summed E-state index contributed by atoms with van der Waals surface area (Å²) < 4.78 is 79.9. The van der Waals surface area contributed by atoms with Gasteiger partial charge in [0.2, 0.25) is 0 Å². The van der Waals surface area contributed by atoms with E-state index in [2.05, 4.69) is 5.10 Å². The second kappa shape index (κ2) is 7.29. The van der Waals surface area contributed by atoms with Gasteiger partial charge < -0.3 is 0 Å². The van der Waals surface area contributed by atoms with Crippen molar-refractivity contribution in [2.45, 2.75) is 31.5 Å². The molecular weight excluding hydrogens is 408 g/mol. The first-order valence-corrected chi connectivity index (χ1v) is 10.6. The molecule has 0 fully saturated rings. The van der Waals surface area contributed by atoms with Crippen LogP contribution >= 0.6 is 0 Å². The van der Waals surface area contributed by atoms with Crippen LogP contribution in [0, 0.1) is 12.7 Å². The maximum absolute atomic E-state index is 14.1. The molecule has 154 valence electrons. The number of aryl methyl sites for hydroxylation is 2. The van der Waals surface area contributed by atoms with Gasteiger partial charge in [-0.15, -0.1) is 0 Å². The standard InChI is InChI=1S/C20H18F4N2O2S/c1-4-26-19(20(22,23)24)17(14-6-5-12(2)16(21)11-14)18(25-26)13-7-9-15(10-8-13)29(3,27)28/h5-11H,4H2,1-3H3. The van der Waals surface area contributed by atoms with Crippen LogP contribution in [0.4, 0.5) is 17.6 Å². The average molecular weight is 426 g/mol. The van der Waals surface area contributed by atoms with Crippen molar-refractivity contribution in [2.24, 2.45) is 0 Å². The quantitative estimate of drug-likeness (QED) is 0.545. The van der Waals surface area contributed by atoms with Gasteiger partial charge in [0.1, 0.15) is 11.5 Å². The third kappa shape index (κ3) is 4.05. The van der Waals surface area contributed by atoms with Crippen LogP contribution in [0.15, 0.2) is 47.4 Å². The van der Waals surface area contributed by atoms with Gasteiger partial charge in [-0.25, -0.2) is 12.8 Å². The third-order valence-corrected chi connectivity index (χ3v) is 5.67. The van der Waals surface area contributed by atoms with Gasteiger partial charge in [0.15, 0.2) is 15.5 Å². The molecule has 0 aliphatic carbocycles. The molecule has 0 aliphatic heterocycles. The zero-order valence-electron chi connectivity index (χ0n) is 15.9. The van der Waals surface area contributed by atoms with Crippen LogP contribution in [0.5, 0.6) is 0 Å². The van der Waals surface area contributed by atoms with Crippen molar-refractivity contribution in [2.75, 3.05) is 6.26 Å². The van der Waals surface area contributed by atoms with Gasteiger partial charge in [-0.05, 0) is 43.2 Å². The molecule has 3 rings (SSSR count). The fraction of sp³-hybridized carbons (Fsp3) is 0.250. The molecule has 9 heteroatoms. The van der Waals surface area contributed by atoms with Crippen LogP contribution in [-0.4, -0.2) is 24.5 Å². The molecule has 0 atom stereocenters. The van der Waals surface area contributed by atoms with Gasteiger partial charge in [-0.2, -0.15) is 18.3 Å². The lowest BCUT2D eigenvalue weighted by molar-refractivity contribution is -0.143. The highest BCUT2D eigenvalue weighted by molar-refractivity contribution is 7.90. The van der Waals surface area contributed by atoms with Crippen LogP contribution in [0.25, 0.3) is 22.4 Å². The van der Waals surface area contributed by atoms with Gasteiger partial charge in [-0.1, -0.05) is 24.3 Å². The van der Waals surface area contributed by atoms with Gasteiger partial charge in [0.05, 0.1) is 4.90 Å². The predicted octanol–water partition coefficient (Wildman–Crippen LogP) is 5.11. The van der Waals surface area contributed by atoms with E-state index in [9.17, 15) is 26.0 Å². The Balaban J connectivity index is 2.32. The molecule has 0 radical (unpaired) electrons. The lowest BCUT2D eigenvalue weighted by Crippen LogP contribution is -2.15. The average Bonchev–Trinajstić information content (AvgIpc) is 3.03. The maximum Gasteiger partial charge on any atom is 0.433 e. The highest BCUT2D eigenvalue weighted by atomic mass is 32.2. The van der Waals surface area contributed by atoms with Crippen molar-refractivity contribution in [1.29, 1.82) is 0 Å². The second-order valence-corrected chi connectivity index (χ2v) is 8.66. The molecule has 29 heavy (non-hydrogen) atoms. The number of hydrogen-bond acceptors (Lipinski definition) is 3. The molecule has 0 aliphatic rings. The molecule has 3 aromatic rings. The summed E-state index contributed by atoms with van der Waals surface area (Å²) in [6.45, 7) is 3.00. The number of hydrogen-bond donors (Lipinski definition) is 0. The SMILES string of the molecule is CCn1nc(-c2ccc(S(C)(=O)=O)cc2)c(-c2ccc(C)c(F)c2)c1C(F)(F)F. The zero-order valence-corrected chi connectivity index (χ0v) is 16.7. The molecule has 0 bridgehead atoms. The van der Waals surface area contributed by atoms with Gasteiger partial charge in [0.25, 0.3) is 0 Å². The second-order valence-electron chi connectivity index (χ2n) is 6.65. The molecule has 4 nitrogen and oxygen atoms in total. The fourth-order valence-corrected chi connectivity index (χ4v) is 3.69. The fourth-order valence-electron chi connectivity index (χ4n) is 3.06. The maximum atomic E-state index is 14.1. The Labute approximate surface area is 165 Å². The number of halogens is 4. The van der Waals surface area contributed by atoms with E-state index < -0.39 is 27.5 Å². The molecule has 0 saturated heterocycles. The largest absolute Gasteiger partial charge is 0.433 e. The summed E-state index contributed by atoms with van der Waals surface area (Å²) in [6, 6.07) is 9.28. The Morgan fingerprint density at radius 3 is 2.10 bits per heavy atom. The number of alkyl halides is 3. The molecule has 2 aromatic carbocycles. The van der Waals surface area contributed by atoms with Crippen molar-refractivity contribution in [3.63, 3.8) is 0 Å². The highest BCUT2D eigenvalue weighted by Gasteiger charge is 2.40. The first-order valence-electron chi connectivity index (χ1n) is 8.68. The lowest BCUT2D eigenvalue weighted by atomic mass is 9.97. The summed E-state index contributed by atoms with van der Waals surface area (Å²) in [6.07, 6.45) is -3.68. The van der Waals surface area contributed by atoms with Crippen molar-refractivity contribution in [3.8, 4) is 22.4 Å². The van der Waals surface area contributed by atoms with E-state index in [1.165, 1.54) is 50.2 Å². The first kappa shape index (κ1) is 21.0. The first-order chi connectivity index (χ1) is 13.4. The van der Waals surface area contributed by atoms with Gasteiger partial charge >= 0.3 is 6.18 Å². The molecule has 0 spiro atoms. The van der Waals surface area contributed by atoms with E-state index >= 15 is 0 Å². The van der Waals surface area contributed by atoms with E-state index in [0.29, 0.717) is 11.1 Å². The lowest BCUT2D eigenvalue weighted by Gasteiger charge is -2.12. The van der Waals surface area contributed by atoms with Crippen LogP contribution in [0.2, 0.25) is 0 Å². The normalized spacial score (nSPS) is 12.4. The number of nitrogens with zero attached hydrogens (tertiary/aromatic N) is 2. The van der Waals surface area contributed by atoms with Crippen molar-refractivity contribution in [1.82, 2.24) is 9.78 Å². The summed E-state index contributed by atoms with van der Waals surface area (Å²) in [4.78, 5) is 0.0372. The minimum Gasteiger partial charge on any atom is -0.260 e. The molecule has 0 saturated carbocycles. The van der Waals surface area contributed by atoms with Crippen LogP contribution in [-0.2, 0) is 22.6 Å². The molecule has 0 N–H and O–H groups in total. The van der Waals surface area contributed by atoms with E-state index in [1.807, 2.05) is 0 Å². The van der Waals surface area contributed by atoms with Gasteiger partial charge in [-0.3, -0.25) is 4.68 Å². The van der Waals surface area contributed by atoms with Crippen LogP contribution < -0.4 is 0 Å². The van der Waals surface area contributed by atoms with Crippen molar-refractivity contribution in [3.05, 3.63) is 59.5 Å². The molecule has 1 heterocycles. The Kier molecular flexibility index (Phi) is 5.29. The Hall–Kier alpha value is -2.68. The smallest absolute Gasteiger partial charge is 0.260 e. The van der Waals surface area contributed by atoms with Crippen LogP contribution in [0.3, 0.4) is 0 Å². The van der Waals surface area contributed by atoms with Gasteiger partial charge in [0, 0.05) is 23.9 Å². The van der Waals surface area contributed by atoms with Crippen molar-refractivity contribution >= 4 is 9.84 Å². The highest BCUT2D eigenvalue weighted by Crippen LogP contribution is 2.43. The minimum absolute atomic E-state index is 0.00230. The summed E-state index contributed by atoms with van der Waals surface area (Å²) in [5.74, 6) is -0.627. The number of sulfone groups is 1. The number of rotatable bonds is 4. The molecular formula is C20H18F4N2O2S. The third-order valence-electron chi connectivity index (χ3n) is 4.54. The summed E-state index contributed by atoms with van der Waals surface area (Å²) in [5, 5.41) is 4.11. The van der Waals surface area contributed by atoms with E-state index in [4.69, 9.17) is 0 Å². The Bertz CT molecular complexity index is 1160.